The molecule has 3 N–H and O–H groups in total. The van der Waals surface area contributed by atoms with Crippen molar-refractivity contribution < 1.29 is 9.53 Å². The molecule has 0 unspecified atom stereocenters. The second-order valence-corrected chi connectivity index (χ2v) is 11.3. The van der Waals surface area contributed by atoms with Gasteiger partial charge in [-0.15, -0.1) is 0 Å². The van der Waals surface area contributed by atoms with Crippen LogP contribution in [0.5, 0.6) is 5.75 Å². The molecule has 0 fully saturated rings. The summed E-state index contributed by atoms with van der Waals surface area (Å²) in [6.07, 6.45) is 1.25. The largest absolute Gasteiger partial charge is 0.544 e. The van der Waals surface area contributed by atoms with E-state index < -0.39 is 14.4 Å². The van der Waals surface area contributed by atoms with E-state index in [0.717, 1.165) is 24.2 Å². The van der Waals surface area contributed by atoms with Gasteiger partial charge in [-0.3, -0.25) is 0 Å². The van der Waals surface area contributed by atoms with E-state index in [0.29, 0.717) is 5.92 Å². The molecule has 0 spiro atoms. The number of nitrogens with two attached hydrogens (primary N) is 1. The van der Waals surface area contributed by atoms with Gasteiger partial charge in [-0.05, 0) is 56.1 Å². The Labute approximate surface area is 124 Å². The van der Waals surface area contributed by atoms with Crippen molar-refractivity contribution in [2.75, 3.05) is 0 Å². The highest BCUT2D eigenvalue weighted by Gasteiger charge is 2.19. The Morgan fingerprint density at radius 2 is 1.65 bits per heavy atom. The molecule has 2 atom stereocenters. The summed E-state index contributed by atoms with van der Waals surface area (Å²) in [6.45, 7) is 10.8. The minimum Gasteiger partial charge on any atom is -0.544 e. The lowest BCUT2D eigenvalue weighted by Crippen LogP contribution is -2.29. The molecular formula is C16H29NO2Si. The molecule has 0 bridgehead atoms. The first kappa shape index (κ1) is 17.2. The van der Waals surface area contributed by atoms with Gasteiger partial charge >= 0.3 is 0 Å². The third-order valence-electron chi connectivity index (χ3n) is 3.14. The Kier molecular flexibility index (Phi) is 6.24. The van der Waals surface area contributed by atoms with Gasteiger partial charge in [-0.2, -0.15) is 0 Å². The highest BCUT2D eigenvalue weighted by atomic mass is 28.4. The fourth-order valence-corrected chi connectivity index (χ4v) is 2.86. The number of benzene rings is 1. The lowest BCUT2D eigenvalue weighted by molar-refractivity contribution is 0.128. The first-order valence-corrected chi connectivity index (χ1v) is 10.8. The van der Waals surface area contributed by atoms with Gasteiger partial charge in [0.2, 0.25) is 8.32 Å². The first-order valence-electron chi connectivity index (χ1n) is 7.41. The number of rotatable bonds is 7. The van der Waals surface area contributed by atoms with Crippen molar-refractivity contribution in [3.63, 3.8) is 0 Å². The normalized spacial score (nSPS) is 15.2. The van der Waals surface area contributed by atoms with Crippen LogP contribution in [0.2, 0.25) is 19.6 Å². The van der Waals surface area contributed by atoms with E-state index in [9.17, 15) is 5.11 Å². The van der Waals surface area contributed by atoms with Crippen molar-refractivity contribution in [1.82, 2.24) is 0 Å². The van der Waals surface area contributed by atoms with Crippen LogP contribution in [0.15, 0.2) is 24.3 Å². The molecule has 0 radical (unpaired) electrons. The predicted octanol–water partition coefficient (Wildman–Crippen LogP) is 3.70. The van der Waals surface area contributed by atoms with Gasteiger partial charge in [0.15, 0.2) is 0 Å². The zero-order valence-electron chi connectivity index (χ0n) is 13.4. The van der Waals surface area contributed by atoms with E-state index in [-0.39, 0.29) is 6.04 Å². The van der Waals surface area contributed by atoms with E-state index in [1.54, 1.807) is 0 Å². The molecule has 0 aromatic heterocycles. The summed E-state index contributed by atoms with van der Waals surface area (Å²) in [5.74, 6) is 1.47. The van der Waals surface area contributed by atoms with Crippen molar-refractivity contribution in [2.24, 2.45) is 11.7 Å². The minimum absolute atomic E-state index is 0.324. The van der Waals surface area contributed by atoms with Gasteiger partial charge in [0.1, 0.15) is 5.75 Å². The minimum atomic E-state index is -1.57. The van der Waals surface area contributed by atoms with Gasteiger partial charge in [-0.25, -0.2) is 0 Å². The topological polar surface area (TPSA) is 55.5 Å². The standard InChI is InChI=1S/C16H29NO2Si/c1-12(2)6-11-15(18)16(17)13-7-9-14(10-8-13)19-20(3,4)5/h7-10,12,15-16,18H,6,11,17H2,1-5H3/t15-,16+/m1/s1. The van der Waals surface area contributed by atoms with E-state index in [1.165, 1.54) is 0 Å². The van der Waals surface area contributed by atoms with Gasteiger partial charge in [0.05, 0.1) is 12.1 Å². The number of aliphatic hydroxyl groups is 1. The lowest BCUT2D eigenvalue weighted by Gasteiger charge is -2.22. The zero-order chi connectivity index (χ0) is 15.3. The number of hydrogen-bond donors (Lipinski definition) is 2. The molecule has 0 aliphatic rings. The smallest absolute Gasteiger partial charge is 0.242 e. The second kappa shape index (κ2) is 7.25. The number of hydrogen-bond acceptors (Lipinski definition) is 3. The van der Waals surface area contributed by atoms with Gasteiger partial charge in [0, 0.05) is 0 Å². The Hall–Kier alpha value is -0.843. The summed E-state index contributed by atoms with van der Waals surface area (Å²) < 4.78 is 5.91. The quantitative estimate of drug-likeness (QED) is 0.754. The predicted molar refractivity (Wildman–Crippen MR) is 87.4 cm³/mol. The molecule has 1 aromatic carbocycles. The van der Waals surface area contributed by atoms with Crippen LogP contribution in [-0.4, -0.2) is 19.5 Å². The molecule has 3 nitrogen and oxygen atoms in total. The molecule has 1 aromatic rings. The fourth-order valence-electron chi connectivity index (χ4n) is 2.02. The second-order valence-electron chi connectivity index (χ2n) is 6.85. The van der Waals surface area contributed by atoms with Crippen LogP contribution in [0, 0.1) is 5.92 Å². The Bertz CT molecular complexity index is 398. The van der Waals surface area contributed by atoms with Gasteiger partial charge in [0.25, 0.3) is 0 Å². The Morgan fingerprint density at radius 1 is 1.10 bits per heavy atom. The highest BCUT2D eigenvalue weighted by Crippen LogP contribution is 2.23. The molecule has 0 saturated carbocycles. The Balaban J connectivity index is 2.63. The van der Waals surface area contributed by atoms with Crippen LogP contribution in [-0.2, 0) is 0 Å². The Morgan fingerprint density at radius 3 is 2.10 bits per heavy atom. The average Bonchev–Trinajstić information content (AvgIpc) is 2.34. The molecule has 0 aliphatic carbocycles. The van der Waals surface area contributed by atoms with Crippen molar-refractivity contribution in [3.05, 3.63) is 29.8 Å². The maximum Gasteiger partial charge on any atom is 0.242 e. The van der Waals surface area contributed by atoms with Crippen LogP contribution >= 0.6 is 0 Å². The summed E-state index contributed by atoms with van der Waals surface area (Å²) in [5.41, 5.74) is 7.08. The molecule has 0 saturated heterocycles. The molecule has 0 heterocycles. The summed E-state index contributed by atoms with van der Waals surface area (Å²) in [5, 5.41) is 10.1. The third kappa shape index (κ3) is 6.07. The summed E-state index contributed by atoms with van der Waals surface area (Å²) in [6, 6.07) is 7.48. The number of aliphatic hydroxyl groups excluding tert-OH is 1. The van der Waals surface area contributed by atoms with Crippen LogP contribution < -0.4 is 10.2 Å². The maximum absolute atomic E-state index is 10.1. The molecule has 4 heteroatoms. The van der Waals surface area contributed by atoms with Gasteiger partial charge < -0.3 is 15.3 Å². The average molecular weight is 295 g/mol. The van der Waals surface area contributed by atoms with Gasteiger partial charge in [-0.1, -0.05) is 26.0 Å². The molecule has 1 rings (SSSR count). The highest BCUT2D eigenvalue weighted by molar-refractivity contribution is 6.70. The zero-order valence-corrected chi connectivity index (χ0v) is 14.4. The van der Waals surface area contributed by atoms with Crippen LogP contribution in [0.1, 0.15) is 38.3 Å². The SMILES string of the molecule is CC(C)CC[C@@H](O)[C@@H](N)c1ccc(O[Si](C)(C)C)cc1. The van der Waals surface area contributed by atoms with E-state index in [2.05, 4.69) is 33.5 Å². The van der Waals surface area contributed by atoms with Crippen LogP contribution in [0.25, 0.3) is 0 Å². The van der Waals surface area contributed by atoms with Crippen LogP contribution in [0.4, 0.5) is 0 Å². The summed E-state index contributed by atoms with van der Waals surface area (Å²) in [7, 11) is -1.57. The van der Waals surface area contributed by atoms with E-state index in [4.69, 9.17) is 10.2 Å². The molecule has 20 heavy (non-hydrogen) atoms. The summed E-state index contributed by atoms with van der Waals surface area (Å²) in [4.78, 5) is 0. The summed E-state index contributed by atoms with van der Waals surface area (Å²) >= 11 is 0. The van der Waals surface area contributed by atoms with E-state index in [1.807, 2.05) is 24.3 Å². The fraction of sp³-hybridized carbons (Fsp3) is 0.625. The van der Waals surface area contributed by atoms with E-state index >= 15 is 0 Å². The monoisotopic (exact) mass is 295 g/mol. The van der Waals surface area contributed by atoms with Crippen LogP contribution in [0.3, 0.4) is 0 Å². The molecule has 0 amide bonds. The van der Waals surface area contributed by atoms with Crippen molar-refractivity contribution >= 4 is 8.32 Å². The lowest BCUT2D eigenvalue weighted by atomic mass is 9.96. The maximum atomic E-state index is 10.1. The van der Waals surface area contributed by atoms with Crippen molar-refractivity contribution in [1.29, 1.82) is 0 Å². The molecular weight excluding hydrogens is 266 g/mol. The van der Waals surface area contributed by atoms with Crippen molar-refractivity contribution in [2.45, 2.75) is 58.5 Å². The molecule has 114 valence electrons. The third-order valence-corrected chi connectivity index (χ3v) is 3.99. The molecule has 0 aliphatic heterocycles. The van der Waals surface area contributed by atoms with Crippen molar-refractivity contribution in [3.8, 4) is 5.75 Å². The first-order chi connectivity index (χ1) is 9.19.